The van der Waals surface area contributed by atoms with Crippen LogP contribution >= 0.6 is 63.7 Å². The van der Waals surface area contributed by atoms with Crippen molar-refractivity contribution in [3.05, 3.63) is 17.9 Å². The fraction of sp³-hybridized carbons (Fsp3) is 0.250. The second-order valence-electron chi connectivity index (χ2n) is 2.43. The molecule has 0 N–H and O–H groups in total. The smallest absolute Gasteiger partial charge is 0.148 e. The van der Waals surface area contributed by atoms with E-state index in [0.717, 1.165) is 17.9 Å². The predicted octanol–water partition coefficient (Wildman–Crippen LogP) is 3.93. The summed E-state index contributed by atoms with van der Waals surface area (Å²) in [5.74, 6) is 0.708. The van der Waals surface area contributed by atoms with Crippen LogP contribution in [0, 0.1) is 0 Å². The van der Waals surface area contributed by atoms with Gasteiger partial charge < -0.3 is 4.74 Å². The third kappa shape index (κ3) is 2.39. The summed E-state index contributed by atoms with van der Waals surface area (Å²) in [6, 6.07) is 0. The van der Waals surface area contributed by atoms with Gasteiger partial charge in [-0.2, -0.15) is 0 Å². The van der Waals surface area contributed by atoms with Crippen molar-refractivity contribution in [2.24, 2.45) is 0 Å². The highest BCUT2D eigenvalue weighted by Crippen LogP contribution is 2.41. The van der Waals surface area contributed by atoms with E-state index < -0.39 is 0 Å². The molecule has 0 fully saturated rings. The van der Waals surface area contributed by atoms with Crippen molar-refractivity contribution in [1.29, 1.82) is 0 Å². The topological polar surface area (TPSA) is 9.23 Å². The lowest BCUT2D eigenvalue weighted by molar-refractivity contribution is 0.336. The minimum atomic E-state index is 0.588. The summed E-state index contributed by atoms with van der Waals surface area (Å²) in [7, 11) is 5.86. The molecular formula is C8H5BBr4O. The van der Waals surface area contributed by atoms with Gasteiger partial charge in [0.25, 0.3) is 0 Å². The molecule has 0 spiro atoms. The van der Waals surface area contributed by atoms with E-state index in [2.05, 4.69) is 63.7 Å². The van der Waals surface area contributed by atoms with Crippen LogP contribution in [0.5, 0.6) is 5.75 Å². The van der Waals surface area contributed by atoms with Crippen molar-refractivity contribution in [1.82, 2.24) is 0 Å². The Bertz CT molecular complexity index is 338. The van der Waals surface area contributed by atoms with Crippen LogP contribution < -0.4 is 10.2 Å². The first-order chi connectivity index (χ1) is 6.50. The Kier molecular flexibility index (Phi) is 5.01. The van der Waals surface area contributed by atoms with E-state index in [1.807, 2.05) is 6.92 Å². The number of ether oxygens (including phenoxy) is 1. The molecule has 0 bridgehead atoms. The van der Waals surface area contributed by atoms with Gasteiger partial charge in [-0.05, 0) is 54.7 Å². The molecule has 74 valence electrons. The molecule has 14 heavy (non-hydrogen) atoms. The zero-order valence-electron chi connectivity index (χ0n) is 7.20. The molecule has 0 atom stereocenters. The third-order valence-corrected chi connectivity index (χ3v) is 5.77. The summed E-state index contributed by atoms with van der Waals surface area (Å²) < 4.78 is 8.70. The molecule has 0 amide bonds. The minimum Gasteiger partial charge on any atom is -0.491 e. The summed E-state index contributed by atoms with van der Waals surface area (Å²) >= 11 is 13.6. The number of benzene rings is 1. The van der Waals surface area contributed by atoms with Gasteiger partial charge in [-0.15, -0.1) is 0 Å². The van der Waals surface area contributed by atoms with Crippen LogP contribution in [0.3, 0.4) is 0 Å². The molecule has 0 heterocycles. The SMILES string of the molecule is [B]c1c(Br)c(Br)c(Br)c(OCC)c1Br. The highest BCUT2D eigenvalue weighted by molar-refractivity contribution is 9.14. The lowest BCUT2D eigenvalue weighted by Crippen LogP contribution is -2.10. The van der Waals surface area contributed by atoms with E-state index in [0.29, 0.717) is 17.8 Å². The first-order valence-corrected chi connectivity index (χ1v) is 6.92. The zero-order chi connectivity index (χ0) is 10.9. The van der Waals surface area contributed by atoms with Crippen LogP contribution in [0.1, 0.15) is 6.92 Å². The van der Waals surface area contributed by atoms with Crippen LogP contribution in [-0.4, -0.2) is 14.5 Å². The number of rotatable bonds is 2. The highest BCUT2D eigenvalue weighted by Gasteiger charge is 2.16. The van der Waals surface area contributed by atoms with Crippen molar-refractivity contribution in [2.75, 3.05) is 6.61 Å². The van der Waals surface area contributed by atoms with Gasteiger partial charge in [-0.3, -0.25) is 0 Å². The van der Waals surface area contributed by atoms with Crippen LogP contribution in [0.4, 0.5) is 0 Å². The quantitative estimate of drug-likeness (QED) is 0.379. The molecule has 1 nitrogen and oxygen atoms in total. The largest absolute Gasteiger partial charge is 0.491 e. The van der Waals surface area contributed by atoms with Crippen molar-refractivity contribution in [2.45, 2.75) is 6.92 Å². The summed E-state index contributed by atoms with van der Waals surface area (Å²) in [6.07, 6.45) is 0. The van der Waals surface area contributed by atoms with Crippen molar-refractivity contribution in [3.8, 4) is 5.75 Å². The van der Waals surface area contributed by atoms with Crippen LogP contribution in [0.15, 0.2) is 17.9 Å². The van der Waals surface area contributed by atoms with Gasteiger partial charge in [0.1, 0.15) is 13.6 Å². The van der Waals surface area contributed by atoms with Crippen LogP contribution in [0.2, 0.25) is 0 Å². The molecule has 1 rings (SSSR count). The van der Waals surface area contributed by atoms with E-state index in [1.165, 1.54) is 0 Å². The molecule has 0 saturated heterocycles. The van der Waals surface area contributed by atoms with E-state index >= 15 is 0 Å². The van der Waals surface area contributed by atoms with E-state index in [1.54, 1.807) is 0 Å². The number of hydrogen-bond donors (Lipinski definition) is 0. The summed E-state index contributed by atoms with van der Waals surface area (Å²) in [5.41, 5.74) is 0.614. The Balaban J connectivity index is 3.43. The Hall–Kier alpha value is 1.00. The van der Waals surface area contributed by atoms with E-state index in [-0.39, 0.29) is 0 Å². The average molecular weight is 448 g/mol. The fourth-order valence-electron chi connectivity index (χ4n) is 0.900. The lowest BCUT2D eigenvalue weighted by atomic mass is 9.96. The summed E-state index contributed by atoms with van der Waals surface area (Å²) in [5, 5.41) is 0. The first-order valence-electron chi connectivity index (χ1n) is 3.74. The number of halogens is 4. The van der Waals surface area contributed by atoms with Gasteiger partial charge in [0.05, 0.1) is 15.6 Å². The van der Waals surface area contributed by atoms with Gasteiger partial charge in [-0.25, -0.2) is 0 Å². The first kappa shape index (κ1) is 13.1. The normalized spacial score (nSPS) is 10.4. The van der Waals surface area contributed by atoms with E-state index in [4.69, 9.17) is 12.6 Å². The molecule has 6 heteroatoms. The molecule has 0 aliphatic heterocycles. The fourth-order valence-corrected chi connectivity index (χ4v) is 3.51. The Morgan fingerprint density at radius 1 is 1.00 bits per heavy atom. The van der Waals surface area contributed by atoms with Gasteiger partial charge in [0.2, 0.25) is 0 Å². The standard InChI is InChI=1S/C8H5BBr4O/c1-2-14-8-5(11)3(9)4(10)6(12)7(8)13/h2H2,1H3. The molecule has 0 aliphatic rings. The van der Waals surface area contributed by atoms with Gasteiger partial charge in [0, 0.05) is 8.95 Å². The Morgan fingerprint density at radius 2 is 1.57 bits per heavy atom. The monoisotopic (exact) mass is 444 g/mol. The Morgan fingerprint density at radius 3 is 2.07 bits per heavy atom. The van der Waals surface area contributed by atoms with Gasteiger partial charge in [0.15, 0.2) is 0 Å². The lowest BCUT2D eigenvalue weighted by Gasteiger charge is -2.14. The molecule has 0 unspecified atom stereocenters. The molecular weight excluding hydrogens is 443 g/mol. The molecule has 0 aromatic heterocycles. The number of hydrogen-bond acceptors (Lipinski definition) is 1. The Labute approximate surface area is 118 Å². The maximum absolute atomic E-state index is 5.86. The third-order valence-electron chi connectivity index (χ3n) is 1.55. The van der Waals surface area contributed by atoms with Crippen LogP contribution in [-0.2, 0) is 0 Å². The second-order valence-corrected chi connectivity index (χ2v) is 5.60. The minimum absolute atomic E-state index is 0.588. The van der Waals surface area contributed by atoms with Gasteiger partial charge in [-0.1, -0.05) is 21.4 Å². The average Bonchev–Trinajstić information content (AvgIpc) is 2.19. The van der Waals surface area contributed by atoms with Gasteiger partial charge >= 0.3 is 0 Å². The summed E-state index contributed by atoms with van der Waals surface area (Å²) in [4.78, 5) is 0. The second kappa shape index (κ2) is 5.37. The van der Waals surface area contributed by atoms with Crippen molar-refractivity contribution < 1.29 is 4.74 Å². The molecule has 0 saturated carbocycles. The zero-order valence-corrected chi connectivity index (χ0v) is 13.5. The molecule has 1 aromatic rings. The van der Waals surface area contributed by atoms with Crippen molar-refractivity contribution >= 4 is 77.0 Å². The molecule has 0 aliphatic carbocycles. The van der Waals surface area contributed by atoms with Crippen LogP contribution in [0.25, 0.3) is 0 Å². The summed E-state index contributed by atoms with van der Waals surface area (Å²) in [6.45, 7) is 2.51. The molecule has 2 radical (unpaired) electrons. The molecule has 1 aromatic carbocycles. The van der Waals surface area contributed by atoms with Crippen molar-refractivity contribution in [3.63, 3.8) is 0 Å². The highest BCUT2D eigenvalue weighted by atomic mass is 79.9. The predicted molar refractivity (Wildman–Crippen MR) is 73.8 cm³/mol. The van der Waals surface area contributed by atoms with E-state index in [9.17, 15) is 0 Å². The maximum Gasteiger partial charge on any atom is 0.148 e. The maximum atomic E-state index is 5.86.